The van der Waals surface area contributed by atoms with E-state index >= 15 is 0 Å². The Morgan fingerprint density at radius 3 is 2.82 bits per heavy atom. The number of benzene rings is 1. The standard InChI is InChI=1S/C14H21ClN2/c1-10-5-6-17(9-10)14(8-16)13-4-3-12(15)7-11(13)2/h3-4,7,10,14H,5-6,8-9,16H2,1-2H3. The van der Waals surface area contributed by atoms with Crippen LogP contribution in [0.4, 0.5) is 0 Å². The number of rotatable bonds is 3. The summed E-state index contributed by atoms with van der Waals surface area (Å²) in [6.07, 6.45) is 1.28. The van der Waals surface area contributed by atoms with E-state index in [4.69, 9.17) is 17.3 Å². The molecule has 0 saturated carbocycles. The maximum Gasteiger partial charge on any atom is 0.0473 e. The molecule has 94 valence electrons. The lowest BCUT2D eigenvalue weighted by Gasteiger charge is -2.28. The lowest BCUT2D eigenvalue weighted by molar-refractivity contribution is 0.243. The van der Waals surface area contributed by atoms with Crippen LogP contribution in [0.5, 0.6) is 0 Å². The molecular formula is C14H21ClN2. The summed E-state index contributed by atoms with van der Waals surface area (Å²) in [6, 6.07) is 6.46. The third-order valence-corrected chi connectivity index (χ3v) is 3.95. The summed E-state index contributed by atoms with van der Waals surface area (Å²) in [5, 5.41) is 0.803. The molecule has 1 saturated heterocycles. The minimum absolute atomic E-state index is 0.345. The summed E-state index contributed by atoms with van der Waals surface area (Å²) in [7, 11) is 0. The van der Waals surface area contributed by atoms with Crippen molar-refractivity contribution in [3.8, 4) is 0 Å². The van der Waals surface area contributed by atoms with Gasteiger partial charge in [-0.2, -0.15) is 0 Å². The fourth-order valence-electron chi connectivity index (χ4n) is 2.74. The highest BCUT2D eigenvalue weighted by molar-refractivity contribution is 6.30. The fourth-order valence-corrected chi connectivity index (χ4v) is 2.96. The molecule has 2 rings (SSSR count). The molecule has 0 spiro atoms. The fraction of sp³-hybridized carbons (Fsp3) is 0.571. The summed E-state index contributed by atoms with van der Waals surface area (Å²) >= 11 is 6.00. The Hall–Kier alpha value is -0.570. The van der Waals surface area contributed by atoms with Gasteiger partial charge in [0.05, 0.1) is 0 Å². The number of likely N-dealkylation sites (tertiary alicyclic amines) is 1. The van der Waals surface area contributed by atoms with Crippen LogP contribution in [0.25, 0.3) is 0 Å². The van der Waals surface area contributed by atoms with Gasteiger partial charge in [0.25, 0.3) is 0 Å². The molecule has 0 aliphatic carbocycles. The van der Waals surface area contributed by atoms with E-state index in [-0.39, 0.29) is 0 Å². The summed E-state index contributed by atoms with van der Waals surface area (Å²) < 4.78 is 0. The van der Waals surface area contributed by atoms with Crippen molar-refractivity contribution in [2.24, 2.45) is 11.7 Å². The topological polar surface area (TPSA) is 29.3 Å². The second-order valence-electron chi connectivity index (χ2n) is 5.14. The van der Waals surface area contributed by atoms with Crippen molar-refractivity contribution >= 4 is 11.6 Å². The third kappa shape index (κ3) is 2.82. The lowest BCUT2D eigenvalue weighted by Crippen LogP contribution is -2.32. The van der Waals surface area contributed by atoms with Gasteiger partial charge in [-0.05, 0) is 49.1 Å². The van der Waals surface area contributed by atoms with Crippen LogP contribution < -0.4 is 5.73 Å². The molecular weight excluding hydrogens is 232 g/mol. The zero-order valence-corrected chi connectivity index (χ0v) is 11.4. The average molecular weight is 253 g/mol. The molecule has 2 unspecified atom stereocenters. The molecule has 1 aliphatic heterocycles. The Kier molecular flexibility index (Phi) is 4.08. The number of hydrogen-bond acceptors (Lipinski definition) is 2. The highest BCUT2D eigenvalue weighted by Crippen LogP contribution is 2.29. The van der Waals surface area contributed by atoms with Crippen molar-refractivity contribution in [2.45, 2.75) is 26.3 Å². The average Bonchev–Trinajstić information content (AvgIpc) is 2.69. The summed E-state index contributed by atoms with van der Waals surface area (Å²) in [6.45, 7) is 7.41. The predicted molar refractivity (Wildman–Crippen MR) is 73.3 cm³/mol. The van der Waals surface area contributed by atoms with Gasteiger partial charge in [-0.1, -0.05) is 24.6 Å². The van der Waals surface area contributed by atoms with Crippen molar-refractivity contribution < 1.29 is 0 Å². The van der Waals surface area contributed by atoms with Crippen molar-refractivity contribution in [3.05, 3.63) is 34.3 Å². The highest BCUT2D eigenvalue weighted by atomic mass is 35.5. The van der Waals surface area contributed by atoms with Crippen LogP contribution >= 0.6 is 11.6 Å². The number of nitrogens with two attached hydrogens (primary N) is 1. The van der Waals surface area contributed by atoms with Crippen LogP contribution in [-0.4, -0.2) is 24.5 Å². The van der Waals surface area contributed by atoms with Gasteiger partial charge in [0.1, 0.15) is 0 Å². The molecule has 17 heavy (non-hydrogen) atoms. The van der Waals surface area contributed by atoms with Gasteiger partial charge in [0.15, 0.2) is 0 Å². The Bertz CT molecular complexity index is 392. The Morgan fingerprint density at radius 1 is 1.53 bits per heavy atom. The van der Waals surface area contributed by atoms with E-state index in [0.717, 1.165) is 24.0 Å². The second kappa shape index (κ2) is 5.38. The summed E-state index contributed by atoms with van der Waals surface area (Å²) in [5.74, 6) is 0.789. The van der Waals surface area contributed by atoms with E-state index in [1.165, 1.54) is 17.5 Å². The van der Waals surface area contributed by atoms with Crippen LogP contribution in [0.1, 0.15) is 30.5 Å². The van der Waals surface area contributed by atoms with E-state index in [1.807, 2.05) is 12.1 Å². The van der Waals surface area contributed by atoms with Crippen LogP contribution in [0.15, 0.2) is 18.2 Å². The van der Waals surface area contributed by atoms with Crippen molar-refractivity contribution in [3.63, 3.8) is 0 Å². The molecule has 1 fully saturated rings. The smallest absolute Gasteiger partial charge is 0.0473 e. The first-order chi connectivity index (χ1) is 8.11. The van der Waals surface area contributed by atoms with Crippen LogP contribution in [0.3, 0.4) is 0 Å². The molecule has 1 heterocycles. The van der Waals surface area contributed by atoms with Gasteiger partial charge in [0, 0.05) is 24.2 Å². The summed E-state index contributed by atoms with van der Waals surface area (Å²) in [4.78, 5) is 2.50. The summed E-state index contributed by atoms with van der Waals surface area (Å²) in [5.41, 5.74) is 8.53. The Labute approximate surface area is 109 Å². The third-order valence-electron chi connectivity index (χ3n) is 3.71. The zero-order chi connectivity index (χ0) is 12.4. The number of nitrogens with zero attached hydrogens (tertiary/aromatic N) is 1. The maximum atomic E-state index is 6.00. The maximum absolute atomic E-state index is 6.00. The SMILES string of the molecule is Cc1cc(Cl)ccc1C(CN)N1CCC(C)C1. The minimum Gasteiger partial charge on any atom is -0.329 e. The number of aryl methyl sites for hydroxylation is 1. The molecule has 2 atom stereocenters. The van der Waals surface area contributed by atoms with Gasteiger partial charge in [0.2, 0.25) is 0 Å². The highest BCUT2D eigenvalue weighted by Gasteiger charge is 2.26. The molecule has 3 heteroatoms. The molecule has 0 radical (unpaired) electrons. The minimum atomic E-state index is 0.345. The van der Waals surface area contributed by atoms with E-state index in [0.29, 0.717) is 12.6 Å². The zero-order valence-electron chi connectivity index (χ0n) is 10.6. The van der Waals surface area contributed by atoms with Crippen LogP contribution in [0.2, 0.25) is 5.02 Å². The van der Waals surface area contributed by atoms with Crippen LogP contribution in [-0.2, 0) is 0 Å². The molecule has 1 aromatic carbocycles. The Balaban J connectivity index is 2.23. The van der Waals surface area contributed by atoms with Gasteiger partial charge in [-0.3, -0.25) is 4.90 Å². The van der Waals surface area contributed by atoms with Gasteiger partial charge in [-0.15, -0.1) is 0 Å². The molecule has 0 amide bonds. The number of halogens is 1. The number of hydrogen-bond donors (Lipinski definition) is 1. The van der Waals surface area contributed by atoms with E-state index < -0.39 is 0 Å². The first-order valence-electron chi connectivity index (χ1n) is 6.32. The largest absolute Gasteiger partial charge is 0.329 e. The van der Waals surface area contributed by atoms with Crippen molar-refractivity contribution in [1.82, 2.24) is 4.90 Å². The van der Waals surface area contributed by atoms with Gasteiger partial charge >= 0.3 is 0 Å². The molecule has 2 N–H and O–H groups in total. The molecule has 1 aliphatic rings. The van der Waals surface area contributed by atoms with Crippen molar-refractivity contribution in [2.75, 3.05) is 19.6 Å². The van der Waals surface area contributed by atoms with Gasteiger partial charge < -0.3 is 5.73 Å². The first kappa shape index (κ1) is 12.9. The van der Waals surface area contributed by atoms with E-state index in [2.05, 4.69) is 24.8 Å². The van der Waals surface area contributed by atoms with Gasteiger partial charge in [-0.25, -0.2) is 0 Å². The van der Waals surface area contributed by atoms with Crippen molar-refractivity contribution in [1.29, 1.82) is 0 Å². The Morgan fingerprint density at radius 2 is 2.29 bits per heavy atom. The first-order valence-corrected chi connectivity index (χ1v) is 6.69. The monoisotopic (exact) mass is 252 g/mol. The lowest BCUT2D eigenvalue weighted by atomic mass is 10.00. The normalized spacial score (nSPS) is 22.9. The molecule has 0 aromatic heterocycles. The van der Waals surface area contributed by atoms with Crippen LogP contribution in [0, 0.1) is 12.8 Å². The molecule has 0 bridgehead atoms. The molecule has 2 nitrogen and oxygen atoms in total. The second-order valence-corrected chi connectivity index (χ2v) is 5.58. The van der Waals surface area contributed by atoms with E-state index in [1.54, 1.807) is 0 Å². The van der Waals surface area contributed by atoms with E-state index in [9.17, 15) is 0 Å². The predicted octanol–water partition coefficient (Wildman–Crippen LogP) is 2.99. The molecule has 1 aromatic rings. The quantitative estimate of drug-likeness (QED) is 0.896.